The van der Waals surface area contributed by atoms with Crippen molar-refractivity contribution in [3.8, 4) is 5.75 Å². The number of aldehydes is 1. The quantitative estimate of drug-likeness (QED) is 0.667. The smallest absolute Gasteiger partial charge is 0.165 e. The summed E-state index contributed by atoms with van der Waals surface area (Å²) in [5, 5.41) is 0. The van der Waals surface area contributed by atoms with Crippen molar-refractivity contribution in [1.82, 2.24) is 0 Å². The number of aryl methyl sites for hydroxylation is 1. The SMILES string of the molecule is COc1c(F)cc(C)cc1CC=O. The molecule has 1 rings (SSSR count). The van der Waals surface area contributed by atoms with Crippen molar-refractivity contribution in [2.45, 2.75) is 13.3 Å². The Morgan fingerprint density at radius 2 is 2.23 bits per heavy atom. The van der Waals surface area contributed by atoms with Crippen LogP contribution in [0.3, 0.4) is 0 Å². The first-order chi connectivity index (χ1) is 6.19. The van der Waals surface area contributed by atoms with Crippen LogP contribution in [0.15, 0.2) is 12.1 Å². The molecule has 0 amide bonds. The van der Waals surface area contributed by atoms with Gasteiger partial charge in [-0.1, -0.05) is 6.07 Å². The molecule has 1 aromatic carbocycles. The van der Waals surface area contributed by atoms with Gasteiger partial charge in [0.05, 0.1) is 7.11 Å². The van der Waals surface area contributed by atoms with Crippen LogP contribution in [0.2, 0.25) is 0 Å². The van der Waals surface area contributed by atoms with Gasteiger partial charge < -0.3 is 9.53 Å². The summed E-state index contributed by atoms with van der Waals surface area (Å²) in [7, 11) is 1.39. The fourth-order valence-corrected chi connectivity index (χ4v) is 1.27. The zero-order chi connectivity index (χ0) is 9.84. The van der Waals surface area contributed by atoms with E-state index in [1.54, 1.807) is 13.0 Å². The third-order valence-electron chi connectivity index (χ3n) is 1.77. The fraction of sp³-hybridized carbons (Fsp3) is 0.300. The molecule has 0 saturated carbocycles. The predicted octanol–water partition coefficient (Wildman–Crippen LogP) is 1.88. The molecule has 0 aromatic heterocycles. The van der Waals surface area contributed by atoms with E-state index in [4.69, 9.17) is 4.74 Å². The number of benzene rings is 1. The summed E-state index contributed by atoms with van der Waals surface area (Å²) in [4.78, 5) is 10.3. The van der Waals surface area contributed by atoms with Crippen molar-refractivity contribution >= 4 is 6.29 Å². The minimum absolute atomic E-state index is 0.165. The maximum absolute atomic E-state index is 13.2. The molecule has 0 aliphatic heterocycles. The summed E-state index contributed by atoms with van der Waals surface area (Å²) in [5.74, 6) is -0.253. The van der Waals surface area contributed by atoms with Gasteiger partial charge in [-0.15, -0.1) is 0 Å². The van der Waals surface area contributed by atoms with E-state index in [0.29, 0.717) is 5.56 Å². The maximum Gasteiger partial charge on any atom is 0.165 e. The van der Waals surface area contributed by atoms with Crippen molar-refractivity contribution in [2.75, 3.05) is 7.11 Å². The number of hydrogen-bond acceptors (Lipinski definition) is 2. The highest BCUT2D eigenvalue weighted by atomic mass is 19.1. The van der Waals surface area contributed by atoms with E-state index < -0.39 is 5.82 Å². The standard InChI is InChI=1S/C10H11FO2/c1-7-5-8(3-4-12)10(13-2)9(11)6-7/h4-6H,3H2,1-2H3. The van der Waals surface area contributed by atoms with E-state index in [2.05, 4.69) is 0 Å². The van der Waals surface area contributed by atoms with Gasteiger partial charge in [-0.3, -0.25) is 0 Å². The topological polar surface area (TPSA) is 26.3 Å². The van der Waals surface area contributed by atoms with Crippen LogP contribution < -0.4 is 4.74 Å². The van der Waals surface area contributed by atoms with Gasteiger partial charge in [0, 0.05) is 12.0 Å². The average molecular weight is 182 g/mol. The van der Waals surface area contributed by atoms with Gasteiger partial charge in [0.15, 0.2) is 11.6 Å². The first-order valence-electron chi connectivity index (χ1n) is 3.95. The molecule has 1 aromatic rings. The Morgan fingerprint density at radius 1 is 1.54 bits per heavy atom. The van der Waals surface area contributed by atoms with Crippen molar-refractivity contribution in [2.24, 2.45) is 0 Å². The van der Waals surface area contributed by atoms with Crippen LogP contribution in [0.1, 0.15) is 11.1 Å². The van der Waals surface area contributed by atoms with Crippen LogP contribution in [-0.2, 0) is 11.2 Å². The predicted molar refractivity (Wildman–Crippen MR) is 47.5 cm³/mol. The molecule has 0 fully saturated rings. The number of rotatable bonds is 3. The Labute approximate surface area is 76.3 Å². The minimum atomic E-state index is -0.417. The van der Waals surface area contributed by atoms with Crippen molar-refractivity contribution < 1.29 is 13.9 Å². The van der Waals surface area contributed by atoms with E-state index in [0.717, 1.165) is 11.8 Å². The van der Waals surface area contributed by atoms with E-state index in [9.17, 15) is 9.18 Å². The molecular formula is C10H11FO2. The molecule has 0 saturated heterocycles. The highest BCUT2D eigenvalue weighted by Gasteiger charge is 2.09. The summed E-state index contributed by atoms with van der Waals surface area (Å²) in [5.41, 5.74) is 1.38. The Balaban J connectivity index is 3.20. The second-order valence-corrected chi connectivity index (χ2v) is 2.81. The lowest BCUT2D eigenvalue weighted by Gasteiger charge is -2.07. The monoisotopic (exact) mass is 182 g/mol. The molecule has 13 heavy (non-hydrogen) atoms. The molecule has 0 aliphatic rings. The highest BCUT2D eigenvalue weighted by Crippen LogP contribution is 2.24. The Bertz CT molecular complexity index is 321. The van der Waals surface area contributed by atoms with Gasteiger partial charge in [0.25, 0.3) is 0 Å². The molecule has 0 N–H and O–H groups in total. The van der Waals surface area contributed by atoms with Gasteiger partial charge in [0.2, 0.25) is 0 Å². The lowest BCUT2D eigenvalue weighted by molar-refractivity contribution is -0.107. The normalized spacial score (nSPS) is 9.77. The minimum Gasteiger partial charge on any atom is -0.493 e. The van der Waals surface area contributed by atoms with Crippen LogP contribution in [0, 0.1) is 12.7 Å². The molecule has 2 nitrogen and oxygen atoms in total. The first-order valence-corrected chi connectivity index (χ1v) is 3.95. The summed E-state index contributed by atoms with van der Waals surface area (Å²) < 4.78 is 18.0. The number of carbonyl (C=O) groups excluding carboxylic acids is 1. The van der Waals surface area contributed by atoms with Crippen molar-refractivity contribution in [1.29, 1.82) is 0 Å². The van der Waals surface area contributed by atoms with Gasteiger partial charge in [-0.05, 0) is 18.6 Å². The summed E-state index contributed by atoms with van der Waals surface area (Å²) >= 11 is 0. The van der Waals surface area contributed by atoms with Crippen LogP contribution in [0.5, 0.6) is 5.75 Å². The number of halogens is 1. The number of hydrogen-bond donors (Lipinski definition) is 0. The van der Waals surface area contributed by atoms with Crippen LogP contribution in [0.25, 0.3) is 0 Å². The zero-order valence-corrected chi connectivity index (χ0v) is 7.63. The van der Waals surface area contributed by atoms with Crippen LogP contribution >= 0.6 is 0 Å². The zero-order valence-electron chi connectivity index (χ0n) is 7.63. The maximum atomic E-state index is 13.2. The van der Waals surface area contributed by atoms with Crippen molar-refractivity contribution in [3.05, 3.63) is 29.1 Å². The number of methoxy groups -OCH3 is 1. The second-order valence-electron chi connectivity index (χ2n) is 2.81. The lowest BCUT2D eigenvalue weighted by Crippen LogP contribution is -1.97. The van der Waals surface area contributed by atoms with Gasteiger partial charge >= 0.3 is 0 Å². The molecule has 0 radical (unpaired) electrons. The number of ether oxygens (including phenoxy) is 1. The molecule has 0 atom stereocenters. The van der Waals surface area contributed by atoms with E-state index in [1.165, 1.54) is 13.2 Å². The summed E-state index contributed by atoms with van der Waals surface area (Å²) in [6, 6.07) is 3.13. The average Bonchev–Trinajstić information content (AvgIpc) is 2.04. The Kier molecular flexibility index (Phi) is 3.01. The third-order valence-corrected chi connectivity index (χ3v) is 1.77. The third kappa shape index (κ3) is 2.05. The molecule has 0 heterocycles. The lowest BCUT2D eigenvalue weighted by atomic mass is 10.1. The highest BCUT2D eigenvalue weighted by molar-refractivity contribution is 5.58. The molecule has 0 spiro atoms. The molecule has 0 aliphatic carbocycles. The van der Waals surface area contributed by atoms with Gasteiger partial charge in [0.1, 0.15) is 6.29 Å². The molecule has 3 heteroatoms. The van der Waals surface area contributed by atoms with Crippen LogP contribution in [0.4, 0.5) is 4.39 Å². The summed E-state index contributed by atoms with van der Waals surface area (Å²) in [6.45, 7) is 1.77. The van der Waals surface area contributed by atoms with E-state index >= 15 is 0 Å². The largest absolute Gasteiger partial charge is 0.493 e. The fourth-order valence-electron chi connectivity index (χ4n) is 1.27. The molecule has 0 unspecified atom stereocenters. The first kappa shape index (κ1) is 9.71. The van der Waals surface area contributed by atoms with Gasteiger partial charge in [-0.2, -0.15) is 0 Å². The second kappa shape index (κ2) is 4.03. The molecule has 70 valence electrons. The van der Waals surface area contributed by atoms with Gasteiger partial charge in [-0.25, -0.2) is 4.39 Å². The van der Waals surface area contributed by atoms with E-state index in [-0.39, 0.29) is 12.2 Å². The van der Waals surface area contributed by atoms with Crippen LogP contribution in [-0.4, -0.2) is 13.4 Å². The Morgan fingerprint density at radius 3 is 2.77 bits per heavy atom. The molecular weight excluding hydrogens is 171 g/mol. The number of carbonyl (C=O) groups is 1. The molecule has 0 bridgehead atoms. The summed E-state index contributed by atoms with van der Waals surface area (Å²) in [6.07, 6.45) is 0.915. The Hall–Kier alpha value is -1.38. The van der Waals surface area contributed by atoms with E-state index in [1.807, 2.05) is 0 Å². The van der Waals surface area contributed by atoms with Crippen molar-refractivity contribution in [3.63, 3.8) is 0 Å².